The van der Waals surface area contributed by atoms with E-state index >= 15 is 0 Å². The molecule has 2 N–H and O–H groups in total. The summed E-state index contributed by atoms with van der Waals surface area (Å²) in [5.41, 5.74) is 0.110. The molecule has 6 nitrogen and oxygen atoms in total. The molecule has 3 atom stereocenters. The molecule has 0 saturated carbocycles. The number of halogens is 2. The van der Waals surface area contributed by atoms with Gasteiger partial charge in [-0.2, -0.15) is 0 Å². The normalized spacial score (nSPS) is 28.8. The maximum Gasteiger partial charge on any atom is 0.254 e. The first-order chi connectivity index (χ1) is 11.5. The largest absolute Gasteiger partial charge is 0.389 e. The number of nitrogens with zero attached hydrogens (tertiary/aromatic N) is 2. The lowest BCUT2D eigenvalue weighted by molar-refractivity contribution is -0.136. The molecule has 2 aliphatic rings. The van der Waals surface area contributed by atoms with Crippen LogP contribution in [0.5, 0.6) is 0 Å². The Kier molecular flexibility index (Phi) is 5.09. The minimum atomic E-state index is -1.05. The highest BCUT2D eigenvalue weighted by molar-refractivity contribution is 5.94. The molecule has 0 bridgehead atoms. The van der Waals surface area contributed by atoms with Crippen LogP contribution in [0.3, 0.4) is 0 Å². The third-order valence-electron chi connectivity index (χ3n) is 4.60. The number of rotatable bonds is 2. The molecular weight excluding hydrogens is 322 g/mol. The average molecular weight is 342 g/mol. The molecule has 1 aromatic carbocycles. The maximum absolute atomic E-state index is 13.3. The van der Waals surface area contributed by atoms with E-state index in [2.05, 4.69) is 0 Å². The van der Waals surface area contributed by atoms with E-state index in [1.165, 1.54) is 6.07 Å². The van der Waals surface area contributed by atoms with Crippen LogP contribution in [0, 0.1) is 11.6 Å². The van der Waals surface area contributed by atoms with E-state index < -0.39 is 23.8 Å². The second kappa shape index (κ2) is 7.10. The van der Waals surface area contributed by atoms with Gasteiger partial charge in [0.15, 0.2) is 11.6 Å². The zero-order chi connectivity index (χ0) is 17.3. The summed E-state index contributed by atoms with van der Waals surface area (Å²) in [4.78, 5) is 15.9. The number of piperazine rings is 1. The average Bonchev–Trinajstić information content (AvgIpc) is 2.59. The molecule has 0 aromatic heterocycles. The fourth-order valence-corrected chi connectivity index (χ4v) is 3.15. The SMILES string of the molecule is O=C(c1ccc(F)c(F)c1)N1CCN([C@@H]2COC[C@@H](O)[C@H]2O)CC1. The van der Waals surface area contributed by atoms with E-state index in [4.69, 9.17) is 4.74 Å². The number of hydrogen-bond donors (Lipinski definition) is 2. The van der Waals surface area contributed by atoms with Crippen LogP contribution >= 0.6 is 0 Å². The minimum Gasteiger partial charge on any atom is -0.389 e. The summed E-state index contributed by atoms with van der Waals surface area (Å²) in [5, 5.41) is 19.8. The maximum atomic E-state index is 13.3. The van der Waals surface area contributed by atoms with Crippen LogP contribution in [0.1, 0.15) is 10.4 Å². The van der Waals surface area contributed by atoms with Gasteiger partial charge in [-0.15, -0.1) is 0 Å². The Balaban J connectivity index is 1.60. The summed E-state index contributed by atoms with van der Waals surface area (Å²) < 4.78 is 31.5. The lowest BCUT2D eigenvalue weighted by atomic mass is 10.0. The van der Waals surface area contributed by atoms with Crippen LogP contribution in [0.2, 0.25) is 0 Å². The summed E-state index contributed by atoms with van der Waals surface area (Å²) in [5.74, 6) is -2.38. The van der Waals surface area contributed by atoms with Crippen LogP contribution in [-0.4, -0.2) is 83.6 Å². The molecule has 24 heavy (non-hydrogen) atoms. The number of aliphatic hydroxyl groups is 2. The van der Waals surface area contributed by atoms with E-state index in [-0.39, 0.29) is 24.1 Å². The van der Waals surface area contributed by atoms with Crippen LogP contribution < -0.4 is 0 Å². The zero-order valence-electron chi connectivity index (χ0n) is 13.1. The van der Waals surface area contributed by atoms with Gasteiger partial charge in [-0.25, -0.2) is 8.78 Å². The molecule has 0 radical (unpaired) electrons. The molecule has 3 rings (SSSR count). The summed E-state index contributed by atoms with van der Waals surface area (Å²) in [7, 11) is 0. The number of benzene rings is 1. The van der Waals surface area contributed by atoms with Crippen molar-refractivity contribution in [2.45, 2.75) is 18.2 Å². The Hall–Kier alpha value is -1.61. The van der Waals surface area contributed by atoms with Crippen molar-refractivity contribution in [2.24, 2.45) is 0 Å². The van der Waals surface area contributed by atoms with Crippen LogP contribution in [0.15, 0.2) is 18.2 Å². The van der Waals surface area contributed by atoms with Gasteiger partial charge in [0.25, 0.3) is 5.91 Å². The van der Waals surface area contributed by atoms with Crippen molar-refractivity contribution in [3.8, 4) is 0 Å². The van der Waals surface area contributed by atoms with Crippen molar-refractivity contribution in [3.05, 3.63) is 35.4 Å². The van der Waals surface area contributed by atoms with E-state index in [9.17, 15) is 23.8 Å². The molecule has 2 saturated heterocycles. The summed E-state index contributed by atoms with van der Waals surface area (Å²) in [6.45, 7) is 2.26. The van der Waals surface area contributed by atoms with Crippen molar-refractivity contribution in [1.82, 2.24) is 9.80 Å². The van der Waals surface area contributed by atoms with E-state index in [0.29, 0.717) is 32.8 Å². The van der Waals surface area contributed by atoms with E-state index in [1.54, 1.807) is 4.90 Å². The van der Waals surface area contributed by atoms with Crippen molar-refractivity contribution in [3.63, 3.8) is 0 Å². The van der Waals surface area contributed by atoms with E-state index in [0.717, 1.165) is 12.1 Å². The van der Waals surface area contributed by atoms with Crippen molar-refractivity contribution < 1.29 is 28.5 Å². The topological polar surface area (TPSA) is 73.2 Å². The molecule has 1 aromatic rings. The number of carbonyl (C=O) groups is 1. The number of ether oxygens (including phenoxy) is 1. The third kappa shape index (κ3) is 3.41. The molecule has 0 unspecified atom stereocenters. The number of carbonyl (C=O) groups excluding carboxylic acids is 1. The highest BCUT2D eigenvalue weighted by Gasteiger charge is 2.37. The molecule has 1 amide bonds. The van der Waals surface area contributed by atoms with Crippen LogP contribution in [0.25, 0.3) is 0 Å². The minimum absolute atomic E-state index is 0.110. The van der Waals surface area contributed by atoms with Crippen molar-refractivity contribution in [2.75, 3.05) is 39.4 Å². The Morgan fingerprint density at radius 1 is 1.08 bits per heavy atom. The first-order valence-corrected chi connectivity index (χ1v) is 7.89. The fourth-order valence-electron chi connectivity index (χ4n) is 3.15. The molecule has 0 spiro atoms. The Morgan fingerprint density at radius 2 is 1.79 bits per heavy atom. The summed E-state index contributed by atoms with van der Waals surface area (Å²) in [6.07, 6.45) is -1.79. The standard InChI is InChI=1S/C16H20F2N2O4/c17-11-2-1-10(7-12(11)18)16(23)20-5-3-19(4-6-20)13-8-24-9-14(21)15(13)22/h1-2,7,13-15,21-22H,3-6,8-9H2/t13-,14-,15+/m1/s1. The smallest absolute Gasteiger partial charge is 0.254 e. The third-order valence-corrected chi connectivity index (χ3v) is 4.60. The lowest BCUT2D eigenvalue weighted by Crippen LogP contribution is -2.60. The van der Waals surface area contributed by atoms with Gasteiger partial charge in [0, 0.05) is 31.7 Å². The number of aliphatic hydroxyl groups excluding tert-OH is 2. The van der Waals surface area contributed by atoms with Crippen molar-refractivity contribution in [1.29, 1.82) is 0 Å². The molecule has 2 fully saturated rings. The molecular formula is C16H20F2N2O4. The first-order valence-electron chi connectivity index (χ1n) is 7.89. The summed E-state index contributed by atoms with van der Waals surface area (Å²) in [6, 6.07) is 2.80. The highest BCUT2D eigenvalue weighted by Crippen LogP contribution is 2.18. The molecule has 8 heteroatoms. The molecule has 2 aliphatic heterocycles. The second-order valence-corrected chi connectivity index (χ2v) is 6.12. The van der Waals surface area contributed by atoms with Gasteiger partial charge >= 0.3 is 0 Å². The second-order valence-electron chi connectivity index (χ2n) is 6.12. The van der Waals surface area contributed by atoms with Gasteiger partial charge in [-0.3, -0.25) is 9.69 Å². The van der Waals surface area contributed by atoms with Gasteiger partial charge in [-0.1, -0.05) is 0 Å². The first kappa shape index (κ1) is 17.2. The monoisotopic (exact) mass is 342 g/mol. The van der Waals surface area contributed by atoms with E-state index in [1.807, 2.05) is 4.90 Å². The predicted molar refractivity (Wildman–Crippen MR) is 80.5 cm³/mol. The van der Waals surface area contributed by atoms with Crippen molar-refractivity contribution >= 4 is 5.91 Å². The molecule has 2 heterocycles. The fraction of sp³-hybridized carbons (Fsp3) is 0.562. The summed E-state index contributed by atoms with van der Waals surface area (Å²) >= 11 is 0. The number of hydrogen-bond acceptors (Lipinski definition) is 5. The van der Waals surface area contributed by atoms with Gasteiger partial charge in [0.1, 0.15) is 6.10 Å². The Morgan fingerprint density at radius 3 is 2.46 bits per heavy atom. The lowest BCUT2D eigenvalue weighted by Gasteiger charge is -2.43. The zero-order valence-corrected chi connectivity index (χ0v) is 13.1. The van der Waals surface area contributed by atoms with Crippen LogP contribution in [-0.2, 0) is 4.74 Å². The van der Waals surface area contributed by atoms with Gasteiger partial charge in [0.05, 0.1) is 25.4 Å². The quantitative estimate of drug-likeness (QED) is 0.782. The predicted octanol–water partition coefficient (Wildman–Crippen LogP) is -0.157. The Bertz CT molecular complexity index is 608. The molecule has 132 valence electrons. The number of amides is 1. The van der Waals surface area contributed by atoms with Gasteiger partial charge in [-0.05, 0) is 18.2 Å². The highest BCUT2D eigenvalue weighted by atomic mass is 19.2. The molecule has 0 aliphatic carbocycles. The Labute approximate surface area is 138 Å². The van der Waals surface area contributed by atoms with Gasteiger partial charge in [0.2, 0.25) is 0 Å². The van der Waals surface area contributed by atoms with Gasteiger partial charge < -0.3 is 19.8 Å². The van der Waals surface area contributed by atoms with Crippen LogP contribution in [0.4, 0.5) is 8.78 Å².